The van der Waals surface area contributed by atoms with Crippen molar-refractivity contribution in [3.8, 4) is 0 Å². The third kappa shape index (κ3) is 2.70. The molecule has 0 fully saturated rings. The van der Waals surface area contributed by atoms with Gasteiger partial charge < -0.3 is 10.3 Å². The van der Waals surface area contributed by atoms with Gasteiger partial charge in [-0.15, -0.1) is 0 Å². The fourth-order valence-corrected chi connectivity index (χ4v) is 1.37. The first kappa shape index (κ1) is 10.4. The van der Waals surface area contributed by atoms with Crippen molar-refractivity contribution in [1.82, 2.24) is 10.1 Å². The van der Waals surface area contributed by atoms with E-state index in [0.717, 1.165) is 5.56 Å². The summed E-state index contributed by atoms with van der Waals surface area (Å²) < 4.78 is 5.11. The molecule has 0 atom stereocenters. The lowest BCUT2D eigenvalue weighted by Gasteiger charge is -1.93. The fraction of sp³-hybridized carbons (Fsp3) is 0.167. The second-order valence-corrected chi connectivity index (χ2v) is 3.60. The molecule has 0 aliphatic rings. The molecule has 1 aromatic carbocycles. The first-order chi connectivity index (χ1) is 7.74. The van der Waals surface area contributed by atoms with Crippen LogP contribution in [-0.4, -0.2) is 10.1 Å². The maximum atomic E-state index is 5.53. The molecule has 4 nitrogen and oxygen atoms in total. The quantitative estimate of drug-likeness (QED) is 0.850. The molecule has 0 saturated heterocycles. The molecule has 0 saturated carbocycles. The molecule has 0 spiro atoms. The summed E-state index contributed by atoms with van der Waals surface area (Å²) in [5.74, 6) is 1.12. The van der Waals surface area contributed by atoms with Crippen molar-refractivity contribution in [3.63, 3.8) is 0 Å². The normalized spacial score (nSPS) is 11.7. The molecule has 16 heavy (non-hydrogen) atoms. The maximum absolute atomic E-state index is 5.53. The second kappa shape index (κ2) is 4.61. The molecule has 2 rings (SSSR count). The summed E-state index contributed by atoms with van der Waals surface area (Å²) in [6, 6.07) is 9.98. The van der Waals surface area contributed by atoms with Crippen LogP contribution < -0.4 is 5.73 Å². The van der Waals surface area contributed by atoms with E-state index < -0.39 is 0 Å². The van der Waals surface area contributed by atoms with E-state index in [1.807, 2.05) is 30.3 Å². The van der Waals surface area contributed by atoms with Gasteiger partial charge in [0, 0.05) is 11.8 Å². The van der Waals surface area contributed by atoms with E-state index in [-0.39, 0.29) is 0 Å². The van der Waals surface area contributed by atoms with Crippen LogP contribution in [0.15, 0.2) is 40.6 Å². The first-order valence-corrected chi connectivity index (χ1v) is 5.04. The minimum atomic E-state index is 0.519. The van der Waals surface area contributed by atoms with Gasteiger partial charge in [0.25, 0.3) is 0 Å². The minimum Gasteiger partial charge on any atom is -0.402 e. The summed E-state index contributed by atoms with van der Waals surface area (Å²) in [4.78, 5) is 4.21. The topological polar surface area (TPSA) is 64.9 Å². The van der Waals surface area contributed by atoms with Crippen molar-refractivity contribution in [2.75, 3.05) is 0 Å². The Morgan fingerprint density at radius 3 is 2.81 bits per heavy atom. The number of benzene rings is 1. The van der Waals surface area contributed by atoms with E-state index in [1.165, 1.54) is 0 Å². The number of nitrogens with zero attached hydrogens (tertiary/aromatic N) is 2. The molecule has 1 aromatic heterocycles. The first-order valence-electron chi connectivity index (χ1n) is 5.04. The lowest BCUT2D eigenvalue weighted by Crippen LogP contribution is -1.91. The minimum absolute atomic E-state index is 0.519. The summed E-state index contributed by atoms with van der Waals surface area (Å²) in [6.07, 6.45) is 2.32. The van der Waals surface area contributed by atoms with Crippen LogP contribution in [0, 0.1) is 0 Å². The third-order valence-electron chi connectivity index (χ3n) is 2.04. The lowest BCUT2D eigenvalue weighted by molar-refractivity contribution is 0.383. The number of hydrogen-bond acceptors (Lipinski definition) is 4. The van der Waals surface area contributed by atoms with Gasteiger partial charge in [-0.3, -0.25) is 0 Å². The van der Waals surface area contributed by atoms with Gasteiger partial charge in [0.2, 0.25) is 5.89 Å². The summed E-state index contributed by atoms with van der Waals surface area (Å²) >= 11 is 0. The van der Waals surface area contributed by atoms with Gasteiger partial charge in [0.1, 0.15) is 0 Å². The highest BCUT2D eigenvalue weighted by molar-refractivity contribution is 5.42. The lowest BCUT2D eigenvalue weighted by atomic mass is 10.1. The molecule has 4 heteroatoms. The Hall–Kier alpha value is -2.10. The van der Waals surface area contributed by atoms with Gasteiger partial charge >= 0.3 is 0 Å². The van der Waals surface area contributed by atoms with E-state index in [4.69, 9.17) is 10.3 Å². The second-order valence-electron chi connectivity index (χ2n) is 3.60. The number of nitrogens with two attached hydrogens (primary N) is 1. The van der Waals surface area contributed by atoms with E-state index in [9.17, 15) is 0 Å². The monoisotopic (exact) mass is 215 g/mol. The number of rotatable bonds is 3. The zero-order valence-electron chi connectivity index (χ0n) is 9.05. The molecular formula is C12H13N3O. The van der Waals surface area contributed by atoms with Crippen LogP contribution in [0.2, 0.25) is 0 Å². The molecule has 0 aliphatic carbocycles. The molecule has 82 valence electrons. The van der Waals surface area contributed by atoms with Crippen LogP contribution in [-0.2, 0) is 6.42 Å². The summed E-state index contributed by atoms with van der Waals surface area (Å²) in [7, 11) is 0. The molecule has 2 aromatic rings. The van der Waals surface area contributed by atoms with E-state index in [2.05, 4.69) is 10.1 Å². The Morgan fingerprint density at radius 1 is 1.38 bits per heavy atom. The molecule has 0 bridgehead atoms. The average molecular weight is 215 g/mol. The van der Waals surface area contributed by atoms with Gasteiger partial charge in [0.15, 0.2) is 5.82 Å². The maximum Gasteiger partial charge on any atom is 0.231 e. The van der Waals surface area contributed by atoms with Gasteiger partial charge in [-0.1, -0.05) is 35.5 Å². The summed E-state index contributed by atoms with van der Waals surface area (Å²) in [6.45, 7) is 1.78. The molecule has 0 aliphatic heterocycles. The van der Waals surface area contributed by atoms with Crippen LogP contribution in [0.3, 0.4) is 0 Å². The van der Waals surface area contributed by atoms with Crippen molar-refractivity contribution in [2.24, 2.45) is 5.73 Å². The SMILES string of the molecule is CC(N)=Cc1noc(Cc2ccccc2)n1. The molecule has 0 radical (unpaired) electrons. The number of allylic oxidation sites excluding steroid dienone is 1. The standard InChI is InChI=1S/C12H13N3O/c1-9(13)7-11-14-12(16-15-11)8-10-5-3-2-4-6-10/h2-7H,8,13H2,1H3. The Kier molecular flexibility index (Phi) is 3.00. The van der Waals surface area contributed by atoms with Crippen LogP contribution in [0.4, 0.5) is 0 Å². The van der Waals surface area contributed by atoms with Gasteiger partial charge in [-0.25, -0.2) is 0 Å². The van der Waals surface area contributed by atoms with Gasteiger partial charge in [-0.05, 0) is 12.5 Å². The predicted molar refractivity (Wildman–Crippen MR) is 61.4 cm³/mol. The van der Waals surface area contributed by atoms with E-state index in [0.29, 0.717) is 23.8 Å². The number of aromatic nitrogens is 2. The zero-order chi connectivity index (χ0) is 11.4. The van der Waals surface area contributed by atoms with Crippen LogP contribution in [0.25, 0.3) is 6.08 Å². The molecule has 2 N–H and O–H groups in total. The molecule has 1 heterocycles. The van der Waals surface area contributed by atoms with Crippen molar-refractivity contribution in [2.45, 2.75) is 13.3 Å². The average Bonchev–Trinajstić information content (AvgIpc) is 2.66. The molecule has 0 amide bonds. The molecular weight excluding hydrogens is 202 g/mol. The highest BCUT2D eigenvalue weighted by Crippen LogP contribution is 2.08. The van der Waals surface area contributed by atoms with Crippen LogP contribution in [0.1, 0.15) is 24.2 Å². The Labute approximate surface area is 93.8 Å². The summed E-state index contributed by atoms with van der Waals surface area (Å²) in [5, 5.41) is 3.81. The summed E-state index contributed by atoms with van der Waals surface area (Å²) in [5.41, 5.74) is 7.33. The Bertz CT molecular complexity index is 484. The van der Waals surface area contributed by atoms with Crippen LogP contribution in [0.5, 0.6) is 0 Å². The van der Waals surface area contributed by atoms with Crippen molar-refractivity contribution >= 4 is 6.08 Å². The third-order valence-corrected chi connectivity index (χ3v) is 2.04. The van der Waals surface area contributed by atoms with Crippen molar-refractivity contribution in [1.29, 1.82) is 0 Å². The van der Waals surface area contributed by atoms with Crippen LogP contribution >= 0.6 is 0 Å². The van der Waals surface area contributed by atoms with Gasteiger partial charge in [-0.2, -0.15) is 4.98 Å². The zero-order valence-corrected chi connectivity index (χ0v) is 9.05. The fourth-order valence-electron chi connectivity index (χ4n) is 1.37. The predicted octanol–water partition coefficient (Wildman–Crippen LogP) is 1.98. The van der Waals surface area contributed by atoms with E-state index >= 15 is 0 Å². The van der Waals surface area contributed by atoms with Crippen molar-refractivity contribution in [3.05, 3.63) is 53.3 Å². The van der Waals surface area contributed by atoms with E-state index in [1.54, 1.807) is 13.0 Å². The number of hydrogen-bond donors (Lipinski definition) is 1. The Morgan fingerprint density at radius 2 is 2.12 bits per heavy atom. The smallest absolute Gasteiger partial charge is 0.231 e. The van der Waals surface area contributed by atoms with Gasteiger partial charge in [0.05, 0.1) is 6.42 Å². The highest BCUT2D eigenvalue weighted by atomic mass is 16.5. The largest absolute Gasteiger partial charge is 0.402 e. The molecule has 0 unspecified atom stereocenters. The Balaban J connectivity index is 2.12. The van der Waals surface area contributed by atoms with Crippen molar-refractivity contribution < 1.29 is 4.52 Å². The highest BCUT2D eigenvalue weighted by Gasteiger charge is 2.04.